The van der Waals surface area contributed by atoms with Crippen LogP contribution < -0.4 is 10.5 Å². The topological polar surface area (TPSA) is 38.5 Å². The van der Waals surface area contributed by atoms with E-state index in [0.717, 1.165) is 30.9 Å². The summed E-state index contributed by atoms with van der Waals surface area (Å²) in [6.45, 7) is 9.32. The van der Waals surface area contributed by atoms with Gasteiger partial charge in [-0.2, -0.15) is 0 Å². The van der Waals surface area contributed by atoms with Gasteiger partial charge in [0, 0.05) is 13.1 Å². The van der Waals surface area contributed by atoms with E-state index in [-0.39, 0.29) is 0 Å². The fourth-order valence-electron chi connectivity index (χ4n) is 2.21. The van der Waals surface area contributed by atoms with Crippen LogP contribution >= 0.6 is 0 Å². The molecule has 1 aromatic carbocycles. The fraction of sp³-hybridized carbons (Fsp3) is 0.625. The predicted octanol–water partition coefficient (Wildman–Crippen LogP) is 3.04. The second-order valence-corrected chi connectivity index (χ2v) is 4.90. The molecule has 0 atom stereocenters. The van der Waals surface area contributed by atoms with Gasteiger partial charge in [-0.3, -0.25) is 0 Å². The molecule has 1 aromatic rings. The van der Waals surface area contributed by atoms with Crippen LogP contribution in [0.4, 0.5) is 0 Å². The van der Waals surface area contributed by atoms with E-state index in [1.54, 1.807) is 0 Å². The zero-order valence-corrected chi connectivity index (χ0v) is 12.4. The van der Waals surface area contributed by atoms with E-state index in [4.69, 9.17) is 10.5 Å². The lowest BCUT2D eigenvalue weighted by molar-refractivity contribution is 0.234. The Balaban J connectivity index is 2.25. The molecule has 0 aliphatic heterocycles. The van der Waals surface area contributed by atoms with Gasteiger partial charge in [-0.1, -0.05) is 26.0 Å². The van der Waals surface area contributed by atoms with Crippen molar-refractivity contribution < 1.29 is 4.74 Å². The van der Waals surface area contributed by atoms with Crippen LogP contribution in [0.2, 0.25) is 0 Å². The second-order valence-electron chi connectivity index (χ2n) is 4.90. The fourth-order valence-corrected chi connectivity index (χ4v) is 2.21. The Bertz CT molecular complexity index is 335. The number of hydrogen-bond acceptors (Lipinski definition) is 3. The van der Waals surface area contributed by atoms with E-state index in [0.29, 0.717) is 6.54 Å². The van der Waals surface area contributed by atoms with Crippen LogP contribution in [0.5, 0.6) is 5.75 Å². The highest BCUT2D eigenvalue weighted by Gasteiger charge is 2.02. The van der Waals surface area contributed by atoms with Gasteiger partial charge in [0.25, 0.3) is 0 Å². The molecule has 2 N–H and O–H groups in total. The smallest absolute Gasteiger partial charge is 0.119 e. The molecule has 3 heteroatoms. The third kappa shape index (κ3) is 6.60. The maximum absolute atomic E-state index is 5.77. The van der Waals surface area contributed by atoms with Crippen LogP contribution in [-0.4, -0.2) is 31.1 Å². The summed E-state index contributed by atoms with van der Waals surface area (Å²) < 4.78 is 5.77. The Labute approximate surface area is 117 Å². The third-order valence-corrected chi connectivity index (χ3v) is 3.10. The van der Waals surface area contributed by atoms with Crippen LogP contribution in [0.15, 0.2) is 24.3 Å². The Morgan fingerprint density at radius 3 is 2.47 bits per heavy atom. The normalized spacial score (nSPS) is 10.9. The Hall–Kier alpha value is -1.06. The lowest BCUT2D eigenvalue weighted by Crippen LogP contribution is -2.27. The van der Waals surface area contributed by atoms with Gasteiger partial charge in [-0.25, -0.2) is 0 Å². The zero-order valence-electron chi connectivity index (χ0n) is 12.4. The molecular formula is C16H28N2O. The van der Waals surface area contributed by atoms with E-state index < -0.39 is 0 Å². The Morgan fingerprint density at radius 1 is 1.11 bits per heavy atom. The SMILES string of the molecule is CCCN(CCC)CCCOc1cccc(CN)c1. The summed E-state index contributed by atoms with van der Waals surface area (Å²) in [6.07, 6.45) is 3.52. The molecule has 0 amide bonds. The van der Waals surface area contributed by atoms with Crippen molar-refractivity contribution in [2.75, 3.05) is 26.2 Å². The van der Waals surface area contributed by atoms with Gasteiger partial charge in [-0.05, 0) is 50.0 Å². The molecule has 108 valence electrons. The summed E-state index contributed by atoms with van der Waals surface area (Å²) in [5.74, 6) is 0.931. The molecule has 0 aromatic heterocycles. The van der Waals surface area contributed by atoms with Crippen LogP contribution in [0.3, 0.4) is 0 Å². The molecule has 0 heterocycles. The van der Waals surface area contributed by atoms with Crippen molar-refractivity contribution in [1.82, 2.24) is 4.90 Å². The molecular weight excluding hydrogens is 236 g/mol. The van der Waals surface area contributed by atoms with Gasteiger partial charge in [-0.15, -0.1) is 0 Å². The van der Waals surface area contributed by atoms with E-state index >= 15 is 0 Å². The first kappa shape index (κ1) is 16.0. The van der Waals surface area contributed by atoms with Gasteiger partial charge in [0.15, 0.2) is 0 Å². The Kier molecular flexibility index (Phi) is 8.26. The van der Waals surface area contributed by atoms with Gasteiger partial charge in [0.2, 0.25) is 0 Å². The summed E-state index contributed by atoms with van der Waals surface area (Å²) in [7, 11) is 0. The van der Waals surface area contributed by atoms with Crippen molar-refractivity contribution >= 4 is 0 Å². The summed E-state index contributed by atoms with van der Waals surface area (Å²) in [5, 5.41) is 0. The van der Waals surface area contributed by atoms with Gasteiger partial charge in [0.05, 0.1) is 6.61 Å². The average molecular weight is 264 g/mol. The standard InChI is InChI=1S/C16H28N2O/c1-3-9-18(10-4-2)11-6-12-19-16-8-5-7-15(13-16)14-17/h5,7-8,13H,3-4,6,9-12,14,17H2,1-2H3. The first-order chi connectivity index (χ1) is 9.30. The van der Waals surface area contributed by atoms with Crippen LogP contribution in [0, 0.1) is 0 Å². The van der Waals surface area contributed by atoms with Crippen molar-refractivity contribution in [3.05, 3.63) is 29.8 Å². The number of nitrogens with two attached hydrogens (primary N) is 1. The van der Waals surface area contributed by atoms with Gasteiger partial charge in [0.1, 0.15) is 5.75 Å². The first-order valence-electron chi connectivity index (χ1n) is 7.44. The van der Waals surface area contributed by atoms with Crippen molar-refractivity contribution in [3.8, 4) is 5.75 Å². The van der Waals surface area contributed by atoms with Crippen LogP contribution in [-0.2, 0) is 6.54 Å². The van der Waals surface area contributed by atoms with Gasteiger partial charge < -0.3 is 15.4 Å². The maximum atomic E-state index is 5.77. The molecule has 3 nitrogen and oxygen atoms in total. The molecule has 19 heavy (non-hydrogen) atoms. The first-order valence-corrected chi connectivity index (χ1v) is 7.44. The van der Waals surface area contributed by atoms with E-state index in [9.17, 15) is 0 Å². The average Bonchev–Trinajstić information content (AvgIpc) is 2.44. The number of benzene rings is 1. The minimum Gasteiger partial charge on any atom is -0.494 e. The highest BCUT2D eigenvalue weighted by Crippen LogP contribution is 2.13. The summed E-state index contributed by atoms with van der Waals surface area (Å²) in [5.41, 5.74) is 6.74. The molecule has 0 aliphatic carbocycles. The predicted molar refractivity (Wildman–Crippen MR) is 81.5 cm³/mol. The minimum atomic E-state index is 0.567. The maximum Gasteiger partial charge on any atom is 0.119 e. The third-order valence-electron chi connectivity index (χ3n) is 3.10. The number of nitrogens with zero attached hydrogens (tertiary/aromatic N) is 1. The van der Waals surface area contributed by atoms with Gasteiger partial charge >= 0.3 is 0 Å². The van der Waals surface area contributed by atoms with Crippen LogP contribution in [0.25, 0.3) is 0 Å². The van der Waals surface area contributed by atoms with Crippen molar-refractivity contribution in [1.29, 1.82) is 0 Å². The highest BCUT2D eigenvalue weighted by molar-refractivity contribution is 5.28. The van der Waals surface area contributed by atoms with E-state index in [1.165, 1.54) is 25.9 Å². The molecule has 0 fully saturated rings. The minimum absolute atomic E-state index is 0.567. The highest BCUT2D eigenvalue weighted by atomic mass is 16.5. The molecule has 0 bridgehead atoms. The van der Waals surface area contributed by atoms with E-state index in [2.05, 4.69) is 18.7 Å². The monoisotopic (exact) mass is 264 g/mol. The molecule has 0 radical (unpaired) electrons. The zero-order chi connectivity index (χ0) is 13.9. The largest absolute Gasteiger partial charge is 0.494 e. The van der Waals surface area contributed by atoms with E-state index in [1.807, 2.05) is 24.3 Å². The lowest BCUT2D eigenvalue weighted by Gasteiger charge is -2.20. The number of rotatable bonds is 10. The molecule has 0 unspecified atom stereocenters. The molecule has 0 saturated carbocycles. The summed E-state index contributed by atoms with van der Waals surface area (Å²) in [4.78, 5) is 2.51. The molecule has 0 spiro atoms. The van der Waals surface area contributed by atoms with Crippen LogP contribution in [0.1, 0.15) is 38.7 Å². The number of hydrogen-bond donors (Lipinski definition) is 1. The van der Waals surface area contributed by atoms with Crippen molar-refractivity contribution in [2.24, 2.45) is 5.73 Å². The van der Waals surface area contributed by atoms with Crippen molar-refractivity contribution in [3.63, 3.8) is 0 Å². The molecule has 0 saturated heterocycles. The molecule has 0 aliphatic rings. The quantitative estimate of drug-likeness (QED) is 0.660. The van der Waals surface area contributed by atoms with Crippen molar-refractivity contribution in [2.45, 2.75) is 39.7 Å². The Morgan fingerprint density at radius 2 is 1.84 bits per heavy atom. The summed E-state index contributed by atoms with van der Waals surface area (Å²) in [6, 6.07) is 8.04. The lowest BCUT2D eigenvalue weighted by atomic mass is 10.2. The molecule has 1 rings (SSSR count). The summed E-state index contributed by atoms with van der Waals surface area (Å²) >= 11 is 0. The number of ether oxygens (including phenoxy) is 1. The second kappa shape index (κ2) is 9.82.